The van der Waals surface area contributed by atoms with Crippen LogP contribution >= 0.6 is 0 Å². The number of aromatic amines is 1. The van der Waals surface area contributed by atoms with Gasteiger partial charge in [-0.25, -0.2) is 9.78 Å². The van der Waals surface area contributed by atoms with Crippen molar-refractivity contribution in [2.24, 2.45) is 5.92 Å². The SMILES string of the molecule is Cc1cc(NC(=O)C(=O)N2C[C@H](C)CC[C@H]2c2cccc3[nH]ncc23)cnc1NC(=O)OC(C)(C)C. The zero-order valence-corrected chi connectivity index (χ0v) is 21.2. The van der Waals surface area contributed by atoms with Crippen molar-refractivity contribution >= 4 is 40.3 Å². The summed E-state index contributed by atoms with van der Waals surface area (Å²) in [5.74, 6) is -0.737. The molecule has 3 aromatic rings. The molecule has 0 unspecified atom stereocenters. The van der Waals surface area contributed by atoms with Crippen LogP contribution in [0.5, 0.6) is 0 Å². The van der Waals surface area contributed by atoms with E-state index in [0.717, 1.165) is 29.3 Å². The number of rotatable bonds is 3. The number of likely N-dealkylation sites (tertiary alicyclic amines) is 1. The number of amides is 3. The minimum absolute atomic E-state index is 0.221. The van der Waals surface area contributed by atoms with Gasteiger partial charge in [0.1, 0.15) is 11.4 Å². The van der Waals surface area contributed by atoms with Gasteiger partial charge in [-0.15, -0.1) is 0 Å². The first-order chi connectivity index (χ1) is 17.0. The Kier molecular flexibility index (Phi) is 6.96. The Morgan fingerprint density at radius 3 is 2.64 bits per heavy atom. The van der Waals surface area contributed by atoms with Crippen LogP contribution in [-0.4, -0.2) is 50.1 Å². The van der Waals surface area contributed by atoms with Gasteiger partial charge in [0.05, 0.1) is 29.6 Å². The van der Waals surface area contributed by atoms with Crippen molar-refractivity contribution in [1.29, 1.82) is 0 Å². The molecule has 2 atom stereocenters. The lowest BCUT2D eigenvalue weighted by atomic mass is 9.88. The van der Waals surface area contributed by atoms with Crippen LogP contribution in [0.3, 0.4) is 0 Å². The van der Waals surface area contributed by atoms with Crippen LogP contribution in [0.25, 0.3) is 10.9 Å². The van der Waals surface area contributed by atoms with E-state index in [2.05, 4.69) is 32.7 Å². The van der Waals surface area contributed by atoms with E-state index in [0.29, 0.717) is 23.6 Å². The van der Waals surface area contributed by atoms with E-state index < -0.39 is 23.5 Å². The molecule has 0 spiro atoms. The van der Waals surface area contributed by atoms with Gasteiger partial charge in [0.2, 0.25) is 0 Å². The molecule has 1 aliphatic rings. The summed E-state index contributed by atoms with van der Waals surface area (Å²) in [6.45, 7) is 9.62. The van der Waals surface area contributed by atoms with Crippen molar-refractivity contribution in [2.45, 2.75) is 59.1 Å². The zero-order valence-electron chi connectivity index (χ0n) is 21.2. The number of anilines is 2. The fourth-order valence-electron chi connectivity index (χ4n) is 4.47. The van der Waals surface area contributed by atoms with E-state index in [4.69, 9.17) is 4.74 Å². The van der Waals surface area contributed by atoms with E-state index in [1.165, 1.54) is 6.20 Å². The maximum Gasteiger partial charge on any atom is 0.413 e. The Bertz CT molecular complexity index is 1300. The molecular weight excluding hydrogens is 460 g/mol. The van der Waals surface area contributed by atoms with Gasteiger partial charge in [0.25, 0.3) is 0 Å². The topological polar surface area (TPSA) is 129 Å². The van der Waals surface area contributed by atoms with Crippen molar-refractivity contribution in [2.75, 3.05) is 17.2 Å². The number of aryl methyl sites for hydroxylation is 1. The number of nitrogens with one attached hydrogen (secondary N) is 3. The molecular formula is C26H32N6O4. The van der Waals surface area contributed by atoms with Gasteiger partial charge in [0.15, 0.2) is 0 Å². The van der Waals surface area contributed by atoms with Crippen LogP contribution < -0.4 is 10.6 Å². The molecule has 3 amide bonds. The molecule has 0 bridgehead atoms. The largest absolute Gasteiger partial charge is 0.444 e. The first-order valence-electron chi connectivity index (χ1n) is 12.0. The summed E-state index contributed by atoms with van der Waals surface area (Å²) in [6, 6.07) is 7.28. The van der Waals surface area contributed by atoms with Gasteiger partial charge >= 0.3 is 17.9 Å². The molecule has 190 valence electrons. The molecule has 0 radical (unpaired) electrons. The highest BCUT2D eigenvalue weighted by Gasteiger charge is 2.35. The second-order valence-corrected chi connectivity index (χ2v) is 10.3. The monoisotopic (exact) mass is 492 g/mol. The van der Waals surface area contributed by atoms with Gasteiger partial charge in [-0.2, -0.15) is 5.10 Å². The minimum atomic E-state index is -0.734. The maximum atomic E-state index is 13.3. The fraction of sp³-hybridized carbons (Fsp3) is 0.423. The number of carbonyl (C=O) groups excluding carboxylic acids is 3. The molecule has 10 nitrogen and oxygen atoms in total. The summed E-state index contributed by atoms with van der Waals surface area (Å²) < 4.78 is 5.25. The smallest absolute Gasteiger partial charge is 0.413 e. The quantitative estimate of drug-likeness (QED) is 0.460. The molecule has 0 aliphatic carbocycles. The maximum absolute atomic E-state index is 13.3. The molecule has 1 fully saturated rings. The average Bonchev–Trinajstić information content (AvgIpc) is 3.28. The molecule has 36 heavy (non-hydrogen) atoms. The molecule has 10 heteroatoms. The van der Waals surface area contributed by atoms with Crippen LogP contribution in [-0.2, 0) is 14.3 Å². The minimum Gasteiger partial charge on any atom is -0.444 e. The molecule has 4 rings (SSSR count). The molecule has 1 aliphatic heterocycles. The number of pyridine rings is 1. The number of hydrogen-bond acceptors (Lipinski definition) is 6. The van der Waals surface area contributed by atoms with E-state index in [1.54, 1.807) is 44.9 Å². The van der Waals surface area contributed by atoms with Gasteiger partial charge in [-0.05, 0) is 69.7 Å². The number of carbonyl (C=O) groups is 3. The highest BCUT2D eigenvalue weighted by atomic mass is 16.6. The van der Waals surface area contributed by atoms with Gasteiger partial charge < -0.3 is 15.0 Å². The summed E-state index contributed by atoms with van der Waals surface area (Å²) in [5, 5.41) is 13.3. The Hall–Kier alpha value is -3.95. The lowest BCUT2D eigenvalue weighted by molar-refractivity contribution is -0.146. The predicted molar refractivity (Wildman–Crippen MR) is 136 cm³/mol. The molecule has 1 aromatic carbocycles. The van der Waals surface area contributed by atoms with E-state index >= 15 is 0 Å². The number of hydrogen-bond donors (Lipinski definition) is 3. The van der Waals surface area contributed by atoms with E-state index in [-0.39, 0.29) is 12.0 Å². The Morgan fingerprint density at radius 2 is 1.92 bits per heavy atom. The van der Waals surface area contributed by atoms with Crippen molar-refractivity contribution in [3.63, 3.8) is 0 Å². The van der Waals surface area contributed by atoms with Crippen LogP contribution in [0.1, 0.15) is 57.7 Å². The van der Waals surface area contributed by atoms with Gasteiger partial charge in [-0.3, -0.25) is 20.0 Å². The van der Waals surface area contributed by atoms with Crippen molar-refractivity contribution in [3.8, 4) is 0 Å². The number of benzene rings is 1. The second kappa shape index (κ2) is 9.96. The first-order valence-corrected chi connectivity index (χ1v) is 12.0. The Labute approximate surface area is 209 Å². The standard InChI is InChI=1S/C26H32N6O4/c1-15-9-10-21(18-7-6-8-20-19(18)13-28-31-20)32(14-15)24(34)23(33)29-17-11-16(2)22(27-12-17)30-25(35)36-26(3,4)5/h6-8,11-13,15,21H,9-10,14H2,1-5H3,(H,28,31)(H,29,33)(H,27,30,35)/t15-,21+/m1/s1. The highest BCUT2D eigenvalue weighted by molar-refractivity contribution is 6.39. The Balaban J connectivity index is 1.48. The molecule has 0 saturated carbocycles. The normalized spacial score (nSPS) is 18.1. The summed E-state index contributed by atoms with van der Waals surface area (Å²) in [5.41, 5.74) is 2.20. The predicted octanol–water partition coefficient (Wildman–Crippen LogP) is 4.55. The van der Waals surface area contributed by atoms with Crippen LogP contribution in [0.15, 0.2) is 36.7 Å². The van der Waals surface area contributed by atoms with E-state index in [9.17, 15) is 14.4 Å². The number of nitrogens with zero attached hydrogens (tertiary/aromatic N) is 3. The summed E-state index contributed by atoms with van der Waals surface area (Å²) >= 11 is 0. The number of ether oxygens (including phenoxy) is 1. The number of H-pyrrole nitrogens is 1. The first kappa shape index (κ1) is 25.2. The zero-order chi connectivity index (χ0) is 26.0. The Morgan fingerprint density at radius 1 is 1.14 bits per heavy atom. The van der Waals surface area contributed by atoms with E-state index in [1.807, 2.05) is 18.2 Å². The molecule has 3 heterocycles. The van der Waals surface area contributed by atoms with Crippen molar-refractivity contribution in [1.82, 2.24) is 20.1 Å². The molecule has 3 N–H and O–H groups in total. The van der Waals surface area contributed by atoms with Crippen LogP contribution in [0, 0.1) is 12.8 Å². The lowest BCUT2D eigenvalue weighted by Crippen LogP contribution is -2.46. The number of fused-ring (bicyclic) bond motifs is 1. The number of aromatic nitrogens is 3. The third-order valence-electron chi connectivity index (χ3n) is 6.11. The van der Waals surface area contributed by atoms with Crippen molar-refractivity contribution < 1.29 is 19.1 Å². The van der Waals surface area contributed by atoms with Gasteiger partial charge in [-0.1, -0.05) is 19.1 Å². The third kappa shape index (κ3) is 5.64. The second-order valence-electron chi connectivity index (χ2n) is 10.3. The lowest BCUT2D eigenvalue weighted by Gasteiger charge is -2.38. The number of piperidine rings is 1. The van der Waals surface area contributed by atoms with Crippen LogP contribution in [0.4, 0.5) is 16.3 Å². The van der Waals surface area contributed by atoms with Crippen LogP contribution in [0.2, 0.25) is 0 Å². The highest BCUT2D eigenvalue weighted by Crippen LogP contribution is 2.36. The summed E-state index contributed by atoms with van der Waals surface area (Å²) in [6.07, 6.45) is 4.25. The third-order valence-corrected chi connectivity index (χ3v) is 6.11. The summed E-state index contributed by atoms with van der Waals surface area (Å²) in [7, 11) is 0. The van der Waals surface area contributed by atoms with Crippen molar-refractivity contribution in [3.05, 3.63) is 47.8 Å². The fourth-order valence-corrected chi connectivity index (χ4v) is 4.47. The molecule has 2 aromatic heterocycles. The van der Waals surface area contributed by atoms with Gasteiger partial charge in [0, 0.05) is 11.9 Å². The summed E-state index contributed by atoms with van der Waals surface area (Å²) in [4.78, 5) is 44.3. The average molecular weight is 493 g/mol. The molecule has 1 saturated heterocycles.